The van der Waals surface area contributed by atoms with Gasteiger partial charge in [-0.1, -0.05) is 31.2 Å². The standard InChI is InChI=1S/C23H26N6OS/c1-17-7-6-12-29(16-17)20-13-21(30-19-9-3-2-4-10-19)27-22(26-20)28-23(31)25-15-18-8-5-11-24-14-18/h2-5,8-11,13-14,17H,6-7,12,15-16H2,1H3,(H2,25,26,27,28,31)/t17-/m0/s1. The normalized spacial score (nSPS) is 15.9. The summed E-state index contributed by atoms with van der Waals surface area (Å²) < 4.78 is 6.00. The number of rotatable bonds is 6. The van der Waals surface area contributed by atoms with Crippen LogP contribution in [0.1, 0.15) is 25.3 Å². The van der Waals surface area contributed by atoms with E-state index in [9.17, 15) is 0 Å². The van der Waals surface area contributed by atoms with E-state index in [1.54, 1.807) is 12.4 Å². The highest BCUT2D eigenvalue weighted by atomic mass is 32.1. The molecule has 3 heterocycles. The third-order valence-corrected chi connectivity index (χ3v) is 5.28. The van der Waals surface area contributed by atoms with Gasteiger partial charge < -0.3 is 20.3 Å². The fourth-order valence-electron chi connectivity index (χ4n) is 3.52. The van der Waals surface area contributed by atoms with E-state index < -0.39 is 0 Å². The molecule has 3 aromatic rings. The molecule has 1 fully saturated rings. The molecule has 0 radical (unpaired) electrons. The van der Waals surface area contributed by atoms with Gasteiger partial charge in [-0.15, -0.1) is 0 Å². The number of piperidine rings is 1. The van der Waals surface area contributed by atoms with Gasteiger partial charge in [-0.05, 0) is 54.7 Å². The highest BCUT2D eigenvalue weighted by Gasteiger charge is 2.20. The third-order valence-electron chi connectivity index (χ3n) is 5.04. The highest BCUT2D eigenvalue weighted by molar-refractivity contribution is 7.80. The molecule has 4 rings (SSSR count). The van der Waals surface area contributed by atoms with E-state index in [-0.39, 0.29) is 0 Å². The van der Waals surface area contributed by atoms with Gasteiger partial charge in [-0.2, -0.15) is 9.97 Å². The number of para-hydroxylation sites is 1. The van der Waals surface area contributed by atoms with Crippen molar-refractivity contribution in [1.29, 1.82) is 0 Å². The molecule has 7 nitrogen and oxygen atoms in total. The maximum absolute atomic E-state index is 6.00. The van der Waals surface area contributed by atoms with Crippen LogP contribution in [0.4, 0.5) is 11.8 Å². The van der Waals surface area contributed by atoms with Gasteiger partial charge in [0.25, 0.3) is 0 Å². The van der Waals surface area contributed by atoms with Gasteiger partial charge in [0.15, 0.2) is 5.11 Å². The Morgan fingerprint density at radius 2 is 2.06 bits per heavy atom. The molecule has 0 bridgehead atoms. The Hall–Kier alpha value is -3.26. The minimum absolute atomic E-state index is 0.408. The second-order valence-electron chi connectivity index (χ2n) is 7.67. The van der Waals surface area contributed by atoms with Gasteiger partial charge in [0, 0.05) is 38.1 Å². The Morgan fingerprint density at radius 3 is 2.84 bits per heavy atom. The summed E-state index contributed by atoms with van der Waals surface area (Å²) in [6.45, 7) is 4.77. The fourth-order valence-corrected chi connectivity index (χ4v) is 3.68. The predicted molar refractivity (Wildman–Crippen MR) is 126 cm³/mol. The van der Waals surface area contributed by atoms with Crippen LogP contribution in [-0.2, 0) is 6.54 Å². The van der Waals surface area contributed by atoms with E-state index in [0.717, 1.165) is 36.6 Å². The Labute approximate surface area is 187 Å². The second-order valence-corrected chi connectivity index (χ2v) is 8.07. The topological polar surface area (TPSA) is 75.2 Å². The summed E-state index contributed by atoms with van der Waals surface area (Å²) in [6.07, 6.45) is 5.93. The molecule has 0 amide bonds. The van der Waals surface area contributed by atoms with E-state index in [0.29, 0.717) is 29.4 Å². The average molecular weight is 435 g/mol. The molecule has 2 N–H and O–H groups in total. The number of hydrogen-bond donors (Lipinski definition) is 2. The van der Waals surface area contributed by atoms with E-state index in [1.807, 2.05) is 48.5 Å². The highest BCUT2D eigenvalue weighted by Crippen LogP contribution is 2.27. The zero-order valence-electron chi connectivity index (χ0n) is 17.5. The van der Waals surface area contributed by atoms with Crippen LogP contribution in [-0.4, -0.2) is 33.2 Å². The van der Waals surface area contributed by atoms with E-state index in [2.05, 4.69) is 32.4 Å². The first kappa shape index (κ1) is 21.0. The molecule has 1 saturated heterocycles. The first-order chi connectivity index (χ1) is 15.2. The summed E-state index contributed by atoms with van der Waals surface area (Å²) in [5.74, 6) is 3.07. The summed E-state index contributed by atoms with van der Waals surface area (Å²) in [5.41, 5.74) is 1.04. The van der Waals surface area contributed by atoms with E-state index in [4.69, 9.17) is 21.9 Å². The number of nitrogens with one attached hydrogen (secondary N) is 2. The Bertz CT molecular complexity index is 1000. The van der Waals surface area contributed by atoms with Crippen LogP contribution in [0.3, 0.4) is 0 Å². The van der Waals surface area contributed by atoms with Crippen LogP contribution >= 0.6 is 12.2 Å². The first-order valence-electron chi connectivity index (χ1n) is 10.5. The first-order valence-corrected chi connectivity index (χ1v) is 10.9. The van der Waals surface area contributed by atoms with Crippen LogP contribution in [0.5, 0.6) is 11.6 Å². The smallest absolute Gasteiger partial charge is 0.234 e. The molecule has 0 saturated carbocycles. The Balaban J connectivity index is 1.51. The molecule has 0 spiro atoms. The van der Waals surface area contributed by atoms with Gasteiger partial charge in [0.1, 0.15) is 11.6 Å². The number of hydrogen-bond acceptors (Lipinski definition) is 6. The molecule has 0 unspecified atom stereocenters. The SMILES string of the molecule is C[C@H]1CCCN(c2cc(Oc3ccccc3)nc(NC(=S)NCc3cccnc3)n2)C1. The van der Waals surface area contributed by atoms with Crippen molar-refractivity contribution in [1.82, 2.24) is 20.3 Å². The largest absolute Gasteiger partial charge is 0.439 e. The lowest BCUT2D eigenvalue weighted by atomic mass is 10.0. The van der Waals surface area contributed by atoms with Crippen LogP contribution in [0.15, 0.2) is 60.9 Å². The predicted octanol–water partition coefficient (Wildman–Crippen LogP) is 4.39. The quantitative estimate of drug-likeness (QED) is 0.554. The molecule has 160 valence electrons. The molecule has 0 aliphatic carbocycles. The maximum atomic E-state index is 6.00. The van der Waals surface area contributed by atoms with Crippen molar-refractivity contribution < 1.29 is 4.74 Å². The zero-order valence-corrected chi connectivity index (χ0v) is 18.3. The molecule has 2 aromatic heterocycles. The monoisotopic (exact) mass is 434 g/mol. The zero-order chi connectivity index (χ0) is 21.5. The lowest BCUT2D eigenvalue weighted by molar-refractivity contribution is 0.440. The summed E-state index contributed by atoms with van der Waals surface area (Å²) in [4.78, 5) is 15.6. The summed E-state index contributed by atoms with van der Waals surface area (Å²) in [6, 6.07) is 15.4. The minimum Gasteiger partial charge on any atom is -0.439 e. The molecular weight excluding hydrogens is 408 g/mol. The van der Waals surface area contributed by atoms with Gasteiger partial charge in [0.05, 0.1) is 0 Å². The van der Waals surface area contributed by atoms with Crippen molar-refractivity contribution >= 4 is 29.1 Å². The van der Waals surface area contributed by atoms with Gasteiger partial charge in [-0.25, -0.2) is 0 Å². The van der Waals surface area contributed by atoms with Crippen LogP contribution in [0.25, 0.3) is 0 Å². The van der Waals surface area contributed by atoms with Crippen molar-refractivity contribution in [2.75, 3.05) is 23.3 Å². The van der Waals surface area contributed by atoms with Gasteiger partial charge >= 0.3 is 0 Å². The Kier molecular flexibility index (Phi) is 6.89. The van der Waals surface area contributed by atoms with E-state index >= 15 is 0 Å². The average Bonchev–Trinajstić information content (AvgIpc) is 2.79. The number of pyridine rings is 1. The number of nitrogens with zero attached hydrogens (tertiary/aromatic N) is 4. The summed E-state index contributed by atoms with van der Waals surface area (Å²) in [7, 11) is 0. The molecule has 31 heavy (non-hydrogen) atoms. The van der Waals surface area contributed by atoms with Crippen molar-refractivity contribution in [3.05, 3.63) is 66.5 Å². The fraction of sp³-hybridized carbons (Fsp3) is 0.304. The summed E-state index contributed by atoms with van der Waals surface area (Å²) in [5, 5.41) is 6.71. The van der Waals surface area contributed by atoms with Crippen molar-refractivity contribution in [2.45, 2.75) is 26.3 Å². The van der Waals surface area contributed by atoms with Crippen molar-refractivity contribution in [3.8, 4) is 11.6 Å². The molecule has 1 aromatic carbocycles. The van der Waals surface area contributed by atoms with Crippen LogP contribution in [0, 0.1) is 5.92 Å². The number of benzene rings is 1. The molecule has 1 aliphatic heterocycles. The molecule has 1 aliphatic rings. The maximum Gasteiger partial charge on any atom is 0.234 e. The van der Waals surface area contributed by atoms with E-state index in [1.165, 1.54) is 6.42 Å². The molecular formula is C23H26N6OS. The number of anilines is 2. The number of thiocarbonyl (C=S) groups is 1. The van der Waals surface area contributed by atoms with Gasteiger partial charge in [-0.3, -0.25) is 4.98 Å². The minimum atomic E-state index is 0.408. The van der Waals surface area contributed by atoms with Crippen molar-refractivity contribution in [3.63, 3.8) is 0 Å². The van der Waals surface area contributed by atoms with Crippen LogP contribution < -0.4 is 20.3 Å². The number of ether oxygens (including phenoxy) is 1. The van der Waals surface area contributed by atoms with Crippen molar-refractivity contribution in [2.24, 2.45) is 5.92 Å². The van der Waals surface area contributed by atoms with Crippen LogP contribution in [0.2, 0.25) is 0 Å². The second kappa shape index (κ2) is 10.2. The lowest BCUT2D eigenvalue weighted by Gasteiger charge is -2.32. The Morgan fingerprint density at radius 1 is 1.19 bits per heavy atom. The number of aromatic nitrogens is 3. The van der Waals surface area contributed by atoms with Gasteiger partial charge in [0.2, 0.25) is 11.8 Å². The lowest BCUT2D eigenvalue weighted by Crippen LogP contribution is -2.35. The third kappa shape index (κ3) is 6.11. The molecule has 1 atom stereocenters. The molecule has 8 heteroatoms. The summed E-state index contributed by atoms with van der Waals surface area (Å²) >= 11 is 5.45.